The molecule has 0 saturated heterocycles. The molecule has 5 aromatic rings. The van der Waals surface area contributed by atoms with Crippen LogP contribution in [-0.2, 0) is 6.42 Å². The van der Waals surface area contributed by atoms with E-state index in [0.29, 0.717) is 30.0 Å². The molecule has 7 heteroatoms. The van der Waals surface area contributed by atoms with Gasteiger partial charge in [-0.25, -0.2) is 9.67 Å². The molecule has 0 fully saturated rings. The van der Waals surface area contributed by atoms with Gasteiger partial charge in [0.05, 0.1) is 29.4 Å². The van der Waals surface area contributed by atoms with Crippen LogP contribution in [-0.4, -0.2) is 39.3 Å². The molecule has 0 bridgehead atoms. The fourth-order valence-electron chi connectivity index (χ4n) is 3.87. The molecule has 0 aliphatic carbocycles. The van der Waals surface area contributed by atoms with Crippen molar-refractivity contribution in [3.63, 3.8) is 0 Å². The zero-order valence-corrected chi connectivity index (χ0v) is 19.1. The molecule has 7 nitrogen and oxygen atoms in total. The van der Waals surface area contributed by atoms with Crippen LogP contribution >= 0.6 is 0 Å². The van der Waals surface area contributed by atoms with E-state index >= 15 is 0 Å². The highest BCUT2D eigenvalue weighted by molar-refractivity contribution is 6.00. The molecule has 3 aromatic carbocycles. The van der Waals surface area contributed by atoms with Gasteiger partial charge in [0.25, 0.3) is 5.91 Å². The van der Waals surface area contributed by atoms with Crippen LogP contribution in [0.1, 0.15) is 21.7 Å². The van der Waals surface area contributed by atoms with E-state index in [4.69, 9.17) is 9.84 Å². The van der Waals surface area contributed by atoms with Gasteiger partial charge in [0, 0.05) is 24.7 Å². The first-order chi connectivity index (χ1) is 16.6. The van der Waals surface area contributed by atoms with Crippen LogP contribution in [0.2, 0.25) is 0 Å². The quantitative estimate of drug-likeness (QED) is 0.375. The molecule has 0 saturated carbocycles. The number of benzene rings is 3. The lowest BCUT2D eigenvalue weighted by Gasteiger charge is -2.06. The molecule has 0 radical (unpaired) electrons. The number of aromatic amines is 1. The molecule has 5 rings (SSSR count). The number of para-hydroxylation sites is 2. The summed E-state index contributed by atoms with van der Waals surface area (Å²) in [6.45, 7) is 2.49. The third kappa shape index (κ3) is 4.41. The zero-order valence-electron chi connectivity index (χ0n) is 19.1. The Labute approximate surface area is 197 Å². The Morgan fingerprint density at radius 3 is 2.68 bits per heavy atom. The van der Waals surface area contributed by atoms with Crippen molar-refractivity contribution in [3.05, 3.63) is 95.9 Å². The largest absolute Gasteiger partial charge is 0.497 e. The van der Waals surface area contributed by atoms with Crippen molar-refractivity contribution in [1.82, 2.24) is 25.1 Å². The van der Waals surface area contributed by atoms with Crippen LogP contribution in [0.5, 0.6) is 5.75 Å². The number of H-pyrrole nitrogens is 1. The molecular weight excluding hydrogens is 426 g/mol. The van der Waals surface area contributed by atoms with Crippen molar-refractivity contribution in [2.24, 2.45) is 0 Å². The van der Waals surface area contributed by atoms with E-state index < -0.39 is 0 Å². The second kappa shape index (κ2) is 9.23. The van der Waals surface area contributed by atoms with Gasteiger partial charge in [0.15, 0.2) is 0 Å². The predicted molar refractivity (Wildman–Crippen MR) is 132 cm³/mol. The summed E-state index contributed by atoms with van der Waals surface area (Å²) >= 11 is 0. The van der Waals surface area contributed by atoms with Gasteiger partial charge >= 0.3 is 0 Å². The van der Waals surface area contributed by atoms with E-state index in [2.05, 4.69) is 15.3 Å². The van der Waals surface area contributed by atoms with E-state index in [1.165, 1.54) is 0 Å². The third-order valence-corrected chi connectivity index (χ3v) is 5.69. The average Bonchev–Trinajstić information content (AvgIpc) is 3.49. The smallest absolute Gasteiger partial charge is 0.255 e. The number of nitrogens with zero attached hydrogens (tertiary/aromatic N) is 3. The number of nitrogens with one attached hydrogen (secondary N) is 2. The number of ether oxygens (including phenoxy) is 1. The number of aryl methyl sites for hydroxylation is 1. The molecule has 2 heterocycles. The van der Waals surface area contributed by atoms with E-state index in [9.17, 15) is 4.79 Å². The molecule has 2 aromatic heterocycles. The lowest BCUT2D eigenvalue weighted by atomic mass is 10.1. The van der Waals surface area contributed by atoms with Crippen molar-refractivity contribution >= 4 is 16.9 Å². The first-order valence-electron chi connectivity index (χ1n) is 11.1. The average molecular weight is 452 g/mol. The van der Waals surface area contributed by atoms with Crippen molar-refractivity contribution in [2.75, 3.05) is 13.7 Å². The number of aromatic nitrogens is 4. The van der Waals surface area contributed by atoms with Crippen molar-refractivity contribution in [2.45, 2.75) is 13.3 Å². The summed E-state index contributed by atoms with van der Waals surface area (Å²) in [5.41, 5.74) is 5.86. The molecule has 2 N–H and O–H groups in total. The number of imidazole rings is 1. The third-order valence-electron chi connectivity index (χ3n) is 5.69. The number of amides is 1. The minimum absolute atomic E-state index is 0.188. The van der Waals surface area contributed by atoms with E-state index in [-0.39, 0.29) is 5.91 Å². The summed E-state index contributed by atoms with van der Waals surface area (Å²) < 4.78 is 7.11. The number of hydrogen-bond acceptors (Lipinski definition) is 4. The van der Waals surface area contributed by atoms with Gasteiger partial charge in [-0.3, -0.25) is 4.79 Å². The minimum Gasteiger partial charge on any atom is -0.497 e. The second-order valence-corrected chi connectivity index (χ2v) is 8.11. The number of rotatable bonds is 7. The first-order valence-corrected chi connectivity index (χ1v) is 11.1. The zero-order chi connectivity index (χ0) is 23.5. The van der Waals surface area contributed by atoms with Crippen molar-refractivity contribution < 1.29 is 9.53 Å². The summed E-state index contributed by atoms with van der Waals surface area (Å²) in [5.74, 6) is 1.36. The number of carbonyl (C=O) groups is 1. The van der Waals surface area contributed by atoms with Gasteiger partial charge in [-0.2, -0.15) is 5.10 Å². The normalized spacial score (nSPS) is 11.0. The predicted octanol–water partition coefficient (Wildman–Crippen LogP) is 4.71. The summed E-state index contributed by atoms with van der Waals surface area (Å²) in [6, 6.07) is 23.5. The Balaban J connectivity index is 1.40. The first kappa shape index (κ1) is 21.5. The standard InChI is InChI=1S/C27H25N5O2/c1-18-10-12-20(13-11-18)32-17-22(26(31-32)19-6-5-7-21(16-19)34-2)27(33)28-15-14-25-29-23-8-3-4-9-24(23)30-25/h3-13,16-17H,14-15H2,1-2H3,(H,28,33)(H,29,30). The van der Waals surface area contributed by atoms with Gasteiger partial charge in [0.2, 0.25) is 0 Å². The molecular formula is C27H25N5O2. The summed E-state index contributed by atoms with van der Waals surface area (Å²) in [4.78, 5) is 21.1. The van der Waals surface area contributed by atoms with Crippen LogP contribution < -0.4 is 10.1 Å². The van der Waals surface area contributed by atoms with Gasteiger partial charge in [-0.1, -0.05) is 42.0 Å². The SMILES string of the molecule is COc1cccc(-c2nn(-c3ccc(C)cc3)cc2C(=O)NCCc2nc3ccccc3[nH]2)c1. The second-order valence-electron chi connectivity index (χ2n) is 8.11. The van der Waals surface area contributed by atoms with Gasteiger partial charge in [-0.15, -0.1) is 0 Å². The fraction of sp³-hybridized carbons (Fsp3) is 0.148. The number of methoxy groups -OCH3 is 1. The highest BCUT2D eigenvalue weighted by Gasteiger charge is 2.19. The molecule has 0 atom stereocenters. The number of carbonyl (C=O) groups excluding carboxylic acids is 1. The highest BCUT2D eigenvalue weighted by atomic mass is 16.5. The van der Waals surface area contributed by atoms with E-state index in [1.807, 2.05) is 79.7 Å². The Hall–Kier alpha value is -4.39. The Kier molecular flexibility index (Phi) is 5.82. The summed E-state index contributed by atoms with van der Waals surface area (Å²) in [7, 11) is 1.62. The Bertz CT molecular complexity index is 1420. The van der Waals surface area contributed by atoms with Gasteiger partial charge in [-0.05, 0) is 43.3 Å². The maximum atomic E-state index is 13.2. The molecule has 170 valence electrons. The van der Waals surface area contributed by atoms with Crippen LogP contribution in [0.3, 0.4) is 0 Å². The lowest BCUT2D eigenvalue weighted by Crippen LogP contribution is -2.26. The fourth-order valence-corrected chi connectivity index (χ4v) is 3.87. The monoisotopic (exact) mass is 451 g/mol. The maximum Gasteiger partial charge on any atom is 0.255 e. The topological polar surface area (TPSA) is 84.8 Å². The Morgan fingerprint density at radius 2 is 1.88 bits per heavy atom. The van der Waals surface area contributed by atoms with Crippen LogP contribution in [0, 0.1) is 6.92 Å². The van der Waals surface area contributed by atoms with Crippen molar-refractivity contribution in [1.29, 1.82) is 0 Å². The number of fused-ring (bicyclic) bond motifs is 1. The summed E-state index contributed by atoms with van der Waals surface area (Å²) in [6.07, 6.45) is 2.37. The van der Waals surface area contributed by atoms with Crippen LogP contribution in [0.25, 0.3) is 28.0 Å². The molecule has 0 spiro atoms. The molecule has 34 heavy (non-hydrogen) atoms. The van der Waals surface area contributed by atoms with Crippen molar-refractivity contribution in [3.8, 4) is 22.7 Å². The lowest BCUT2D eigenvalue weighted by molar-refractivity contribution is 0.0954. The molecule has 0 aliphatic heterocycles. The van der Waals surface area contributed by atoms with Crippen LogP contribution in [0.15, 0.2) is 79.0 Å². The maximum absolute atomic E-state index is 13.2. The molecule has 0 aliphatic rings. The van der Waals surface area contributed by atoms with Crippen LogP contribution in [0.4, 0.5) is 0 Å². The minimum atomic E-state index is -0.188. The molecule has 0 unspecified atom stereocenters. The highest BCUT2D eigenvalue weighted by Crippen LogP contribution is 2.27. The van der Waals surface area contributed by atoms with Gasteiger partial charge < -0.3 is 15.0 Å². The number of hydrogen-bond donors (Lipinski definition) is 2. The Morgan fingerprint density at radius 1 is 1.06 bits per heavy atom. The van der Waals surface area contributed by atoms with E-state index in [0.717, 1.165) is 33.7 Å². The van der Waals surface area contributed by atoms with Gasteiger partial charge in [0.1, 0.15) is 17.3 Å². The summed E-state index contributed by atoms with van der Waals surface area (Å²) in [5, 5.41) is 7.77. The van der Waals surface area contributed by atoms with E-state index in [1.54, 1.807) is 18.0 Å². The molecule has 1 amide bonds.